The molecule has 1 aromatic carbocycles. The van der Waals surface area contributed by atoms with E-state index in [4.69, 9.17) is 20.9 Å². The van der Waals surface area contributed by atoms with Crippen molar-refractivity contribution in [1.29, 1.82) is 0 Å². The molecule has 1 rings (SSSR count). The second-order valence-corrected chi connectivity index (χ2v) is 6.60. The molecule has 0 spiro atoms. The van der Waals surface area contributed by atoms with Crippen molar-refractivity contribution in [2.75, 3.05) is 6.61 Å². The molecule has 0 heterocycles. The number of hydrogen-bond donors (Lipinski definition) is 2. The van der Waals surface area contributed by atoms with Crippen molar-refractivity contribution >= 4 is 7.91 Å². The summed E-state index contributed by atoms with van der Waals surface area (Å²) in [7, 11) is -7.64. The quantitative estimate of drug-likeness (QED) is 0.244. The molecule has 2 atom stereocenters. The van der Waals surface area contributed by atoms with E-state index in [2.05, 4.69) is 4.52 Å². The molecule has 0 bridgehead atoms. The number of benzene rings is 1. The van der Waals surface area contributed by atoms with Crippen LogP contribution in [0.25, 0.3) is 0 Å². The zero-order valence-electron chi connectivity index (χ0n) is 12.5. The van der Waals surface area contributed by atoms with Crippen LogP contribution in [0.3, 0.4) is 0 Å². The molecule has 0 aliphatic carbocycles. The van der Waals surface area contributed by atoms with Crippen molar-refractivity contribution in [2.45, 2.75) is 25.6 Å². The van der Waals surface area contributed by atoms with Crippen molar-refractivity contribution in [3.05, 3.63) is 34.6 Å². The summed E-state index contributed by atoms with van der Waals surface area (Å²) >= 11 is 0. The third-order valence-electron chi connectivity index (χ3n) is 2.82. The Kier molecular flexibility index (Phi) is 6.42. The molecule has 0 radical (unpaired) electrons. The molecular formula is C13H12F7O4P. The van der Waals surface area contributed by atoms with Gasteiger partial charge < -0.3 is 0 Å². The molecule has 0 amide bonds. The van der Waals surface area contributed by atoms with Crippen molar-refractivity contribution < 1.29 is 49.4 Å². The van der Waals surface area contributed by atoms with Crippen LogP contribution in [0.4, 0.5) is 30.3 Å². The summed E-state index contributed by atoms with van der Waals surface area (Å²) in [5.74, 6) is -9.57. The molecular weight excluding hydrogens is 384 g/mol. The van der Waals surface area contributed by atoms with Crippen LogP contribution >= 0.6 is 7.91 Å². The molecule has 0 saturated heterocycles. The first kappa shape index (κ1) is 21.6. The molecule has 25 heavy (non-hydrogen) atoms. The van der Waals surface area contributed by atoms with Gasteiger partial charge in [0.15, 0.2) is 0 Å². The molecule has 12 heteroatoms. The number of terminal acetylenes is 1. The fourth-order valence-electron chi connectivity index (χ4n) is 1.73. The third kappa shape index (κ3) is 6.09. The molecule has 4 nitrogen and oxygen atoms in total. The minimum atomic E-state index is -7.64. The van der Waals surface area contributed by atoms with E-state index < -0.39 is 67.8 Å². The second-order valence-electron chi connectivity index (χ2n) is 4.88. The summed E-state index contributed by atoms with van der Waals surface area (Å²) in [6.45, 7) is 0.329. The first-order valence-corrected chi connectivity index (χ1v) is 8.29. The van der Waals surface area contributed by atoms with Gasteiger partial charge in [-0.25, -0.2) is 0 Å². The van der Waals surface area contributed by atoms with E-state index in [1.807, 2.05) is 5.92 Å². The van der Waals surface area contributed by atoms with E-state index in [0.717, 1.165) is 0 Å². The van der Waals surface area contributed by atoms with Crippen LogP contribution in [0.2, 0.25) is 0 Å². The summed E-state index contributed by atoms with van der Waals surface area (Å²) in [6, 6.07) is 0. The Labute approximate surface area is 137 Å². The van der Waals surface area contributed by atoms with Crippen LogP contribution < -0.4 is 0 Å². The predicted octanol–water partition coefficient (Wildman–Crippen LogP) is 3.40. The fraction of sp³-hybridized carbons (Fsp3) is 0.385. The molecule has 0 fully saturated rings. The summed E-state index contributed by atoms with van der Waals surface area (Å²) in [4.78, 5) is 17.0. The van der Waals surface area contributed by atoms with Gasteiger partial charge in [0.25, 0.3) is 0 Å². The molecule has 1 aromatic rings. The van der Waals surface area contributed by atoms with Gasteiger partial charge in [-0.05, 0) is 0 Å². The Morgan fingerprint density at radius 3 is 1.84 bits per heavy atom. The number of ether oxygens (including phenoxy) is 1. The van der Waals surface area contributed by atoms with Gasteiger partial charge in [0, 0.05) is 0 Å². The van der Waals surface area contributed by atoms with Crippen LogP contribution in [0.15, 0.2) is 0 Å². The predicted molar refractivity (Wildman–Crippen MR) is 72.6 cm³/mol. The molecule has 142 valence electrons. The van der Waals surface area contributed by atoms with Crippen LogP contribution in [0, 0.1) is 41.4 Å². The fourth-order valence-corrected chi connectivity index (χ4v) is 2.36. The van der Waals surface area contributed by atoms with Gasteiger partial charge in [0.2, 0.25) is 0 Å². The Morgan fingerprint density at radius 2 is 1.44 bits per heavy atom. The average Bonchev–Trinajstić information content (AvgIpc) is 2.50. The Bertz CT molecular complexity index is 660. The van der Waals surface area contributed by atoms with Crippen LogP contribution in [-0.4, -0.2) is 28.6 Å². The first-order chi connectivity index (χ1) is 11.2. The third-order valence-corrected chi connectivity index (χ3v) is 3.47. The SMILES string of the molecule is C#CC(C)OCC(Cc1c(F)c(F)c(F)c(F)c1F)OP(O)(O)(F)F. The normalized spacial score (nSPS) is 16.0. The molecule has 2 unspecified atom stereocenters. The topological polar surface area (TPSA) is 58.9 Å². The molecule has 0 aromatic heterocycles. The van der Waals surface area contributed by atoms with Crippen LogP contribution in [0.5, 0.6) is 0 Å². The Morgan fingerprint density at radius 1 is 1.00 bits per heavy atom. The van der Waals surface area contributed by atoms with Gasteiger partial charge in [-0.3, -0.25) is 0 Å². The summed E-state index contributed by atoms with van der Waals surface area (Å²) in [5, 5.41) is 0. The van der Waals surface area contributed by atoms with E-state index in [-0.39, 0.29) is 0 Å². The van der Waals surface area contributed by atoms with Gasteiger partial charge in [-0.1, -0.05) is 0 Å². The molecule has 0 saturated carbocycles. The van der Waals surface area contributed by atoms with Gasteiger partial charge in [-0.15, -0.1) is 0 Å². The van der Waals surface area contributed by atoms with Crippen molar-refractivity contribution in [2.24, 2.45) is 0 Å². The van der Waals surface area contributed by atoms with Crippen LogP contribution in [-0.2, 0) is 15.7 Å². The van der Waals surface area contributed by atoms with E-state index >= 15 is 0 Å². The summed E-state index contributed by atoms with van der Waals surface area (Å²) in [6.07, 6.45) is 0.446. The number of hydrogen-bond acceptors (Lipinski definition) is 4. The van der Waals surface area contributed by atoms with E-state index in [1.54, 1.807) is 0 Å². The Hall–Kier alpha value is -1.44. The number of halogens is 7. The average molecular weight is 396 g/mol. The maximum absolute atomic E-state index is 13.6. The zero-order chi connectivity index (χ0) is 19.6. The Balaban J connectivity index is 3.20. The molecule has 0 aliphatic heterocycles. The monoisotopic (exact) mass is 396 g/mol. The zero-order valence-corrected chi connectivity index (χ0v) is 13.3. The maximum atomic E-state index is 13.6. The van der Waals surface area contributed by atoms with Crippen LogP contribution in [0.1, 0.15) is 12.5 Å². The second kappa shape index (κ2) is 7.43. The van der Waals surface area contributed by atoms with Gasteiger partial charge in [-0.2, -0.15) is 0 Å². The van der Waals surface area contributed by atoms with Gasteiger partial charge in [0.05, 0.1) is 0 Å². The molecule has 2 N–H and O–H groups in total. The van der Waals surface area contributed by atoms with Crippen molar-refractivity contribution in [3.63, 3.8) is 0 Å². The van der Waals surface area contributed by atoms with E-state index in [9.17, 15) is 30.3 Å². The van der Waals surface area contributed by atoms with Crippen molar-refractivity contribution in [3.8, 4) is 12.3 Å². The standard InChI is InChI=1S/C13H12F7O4P/c1-3-6(2)23-5-7(24-25(19,20,21)22)4-8-9(14)11(16)13(18)12(17)10(8)15/h1,6-7,21-22H,4-5H2,2H3. The minimum absolute atomic E-state index is 0.947. The first-order valence-electron chi connectivity index (χ1n) is 6.45. The molecule has 0 aliphatic rings. The van der Waals surface area contributed by atoms with Crippen molar-refractivity contribution in [1.82, 2.24) is 0 Å². The van der Waals surface area contributed by atoms with Gasteiger partial charge >= 0.3 is 136 Å². The summed E-state index contributed by atoms with van der Waals surface area (Å²) in [5.41, 5.74) is -1.49. The number of rotatable bonds is 7. The van der Waals surface area contributed by atoms with E-state index in [1.165, 1.54) is 6.92 Å². The van der Waals surface area contributed by atoms with E-state index in [0.29, 0.717) is 0 Å². The van der Waals surface area contributed by atoms with Gasteiger partial charge in [0.1, 0.15) is 0 Å². The summed E-state index contributed by atoms with van der Waals surface area (Å²) < 4.78 is 101.